The van der Waals surface area contributed by atoms with E-state index in [1.54, 1.807) is 43.6 Å². The maximum absolute atomic E-state index is 13.3. The van der Waals surface area contributed by atoms with Crippen LogP contribution >= 0.6 is 34.8 Å². The molecule has 0 saturated carbocycles. The van der Waals surface area contributed by atoms with Crippen molar-refractivity contribution in [1.82, 2.24) is 13.9 Å². The fourth-order valence-corrected chi connectivity index (χ4v) is 6.04. The average molecular weight is 488 g/mol. The van der Waals surface area contributed by atoms with Gasteiger partial charge in [-0.3, -0.25) is 0 Å². The summed E-state index contributed by atoms with van der Waals surface area (Å²) >= 11 is 18.6. The summed E-state index contributed by atoms with van der Waals surface area (Å²) in [6.45, 7) is 2.90. The summed E-state index contributed by atoms with van der Waals surface area (Å²) in [5.41, 5.74) is 1.77. The van der Waals surface area contributed by atoms with Crippen LogP contribution in [0.2, 0.25) is 15.1 Å². The monoisotopic (exact) mass is 486 g/mol. The van der Waals surface area contributed by atoms with Crippen molar-refractivity contribution >= 4 is 50.7 Å². The van der Waals surface area contributed by atoms with E-state index < -0.39 is 10.2 Å². The molecular weight excluding hydrogens is 467 g/mol. The summed E-state index contributed by atoms with van der Waals surface area (Å²) in [5, 5.41) is 4.70. The normalized spacial score (nSPS) is 22.4. The number of benzene rings is 2. The molecule has 2 atom stereocenters. The number of hydrogen-bond acceptors (Lipinski definition) is 4. The molecule has 2 aliphatic rings. The molecule has 30 heavy (non-hydrogen) atoms. The van der Waals surface area contributed by atoms with Gasteiger partial charge in [0.1, 0.15) is 6.17 Å². The Morgan fingerprint density at radius 1 is 1.00 bits per heavy atom. The first-order valence-electron chi connectivity index (χ1n) is 9.46. The Kier molecular flexibility index (Phi) is 6.10. The number of halogens is 3. The minimum atomic E-state index is -3.67. The van der Waals surface area contributed by atoms with Crippen LogP contribution in [0.3, 0.4) is 0 Å². The molecule has 0 amide bonds. The van der Waals surface area contributed by atoms with Gasteiger partial charge in [0, 0.05) is 42.1 Å². The van der Waals surface area contributed by atoms with E-state index in [1.807, 2.05) is 18.2 Å². The minimum absolute atomic E-state index is 0.237. The van der Waals surface area contributed by atoms with E-state index in [2.05, 4.69) is 10.2 Å². The highest BCUT2D eigenvalue weighted by molar-refractivity contribution is 7.86. The lowest BCUT2D eigenvalue weighted by Crippen LogP contribution is -2.55. The van der Waals surface area contributed by atoms with E-state index in [-0.39, 0.29) is 18.8 Å². The Hall–Kier alpha value is -1.64. The third kappa shape index (κ3) is 4.09. The number of nitrogens with zero attached hydrogens (tertiary/aromatic N) is 3. The number of anilines is 1. The molecule has 4 rings (SSSR count). The van der Waals surface area contributed by atoms with Gasteiger partial charge in [0.2, 0.25) is 0 Å². The lowest BCUT2D eigenvalue weighted by molar-refractivity contribution is 0.301. The first kappa shape index (κ1) is 21.6. The summed E-state index contributed by atoms with van der Waals surface area (Å²) < 4.78 is 29.4. The molecule has 10 heteroatoms. The van der Waals surface area contributed by atoms with Gasteiger partial charge < -0.3 is 10.2 Å². The molecule has 160 valence electrons. The van der Waals surface area contributed by atoms with Crippen molar-refractivity contribution in [2.24, 2.45) is 0 Å². The van der Waals surface area contributed by atoms with Crippen molar-refractivity contribution in [2.45, 2.75) is 19.1 Å². The van der Waals surface area contributed by atoms with Gasteiger partial charge in [0.15, 0.2) is 0 Å². The molecule has 2 aliphatic heterocycles. The van der Waals surface area contributed by atoms with Crippen LogP contribution in [0, 0.1) is 0 Å². The summed E-state index contributed by atoms with van der Waals surface area (Å²) in [4.78, 5) is 2.12. The fourth-order valence-electron chi connectivity index (χ4n) is 3.81. The van der Waals surface area contributed by atoms with E-state index >= 15 is 0 Å². The van der Waals surface area contributed by atoms with E-state index in [4.69, 9.17) is 34.8 Å². The van der Waals surface area contributed by atoms with Gasteiger partial charge >= 0.3 is 10.2 Å². The third-order valence-electron chi connectivity index (χ3n) is 5.35. The Balaban J connectivity index is 1.70. The fraction of sp³-hybridized carbons (Fsp3) is 0.300. The highest BCUT2D eigenvalue weighted by Crippen LogP contribution is 2.37. The van der Waals surface area contributed by atoms with Gasteiger partial charge in [-0.15, -0.1) is 0 Å². The van der Waals surface area contributed by atoms with Gasteiger partial charge in [-0.25, -0.2) is 4.31 Å². The van der Waals surface area contributed by atoms with Crippen LogP contribution in [0.25, 0.3) is 0 Å². The van der Waals surface area contributed by atoms with E-state index in [1.165, 1.54) is 8.61 Å². The number of hydrogen-bond donors (Lipinski definition) is 1. The summed E-state index contributed by atoms with van der Waals surface area (Å²) in [5.74, 6) is 0. The van der Waals surface area contributed by atoms with Gasteiger partial charge in [0.25, 0.3) is 0 Å². The number of piperazine rings is 1. The topological polar surface area (TPSA) is 55.9 Å². The Labute approximate surface area is 191 Å². The smallest absolute Gasteiger partial charge is 0.305 e. The molecular formula is C20H21Cl3N4O2S. The zero-order valence-electron chi connectivity index (χ0n) is 16.2. The van der Waals surface area contributed by atoms with Crippen molar-refractivity contribution in [3.05, 3.63) is 75.5 Å². The van der Waals surface area contributed by atoms with Crippen LogP contribution < -0.4 is 10.2 Å². The highest BCUT2D eigenvalue weighted by Gasteiger charge is 2.39. The molecule has 0 aliphatic carbocycles. The molecule has 0 aromatic heterocycles. The zero-order chi connectivity index (χ0) is 21.5. The Bertz CT molecular complexity index is 1060. The largest absolute Gasteiger partial charge is 0.369 e. The third-order valence-corrected chi connectivity index (χ3v) is 8.10. The van der Waals surface area contributed by atoms with E-state index in [0.717, 1.165) is 11.3 Å². The summed E-state index contributed by atoms with van der Waals surface area (Å²) in [6, 6.07) is 12.6. The Morgan fingerprint density at radius 2 is 1.70 bits per heavy atom. The van der Waals surface area contributed by atoms with Crippen LogP contribution in [0.5, 0.6) is 0 Å². The van der Waals surface area contributed by atoms with Crippen molar-refractivity contribution < 1.29 is 8.42 Å². The Morgan fingerprint density at radius 3 is 2.33 bits per heavy atom. The maximum atomic E-state index is 13.3. The minimum Gasteiger partial charge on any atom is -0.369 e. The molecule has 0 spiro atoms. The summed E-state index contributed by atoms with van der Waals surface area (Å²) in [7, 11) is -3.67. The second-order valence-electron chi connectivity index (χ2n) is 7.21. The van der Waals surface area contributed by atoms with Crippen molar-refractivity contribution in [3.8, 4) is 0 Å². The molecule has 1 fully saturated rings. The summed E-state index contributed by atoms with van der Waals surface area (Å²) in [6.07, 6.45) is 2.87. The second kappa shape index (κ2) is 8.48. The first-order valence-corrected chi connectivity index (χ1v) is 12.0. The van der Waals surface area contributed by atoms with Crippen LogP contribution in [0.4, 0.5) is 5.69 Å². The van der Waals surface area contributed by atoms with Gasteiger partial charge in [-0.05, 0) is 42.8 Å². The molecule has 2 aromatic carbocycles. The van der Waals surface area contributed by atoms with Crippen molar-refractivity contribution in [1.29, 1.82) is 0 Å². The first-order chi connectivity index (χ1) is 14.3. The van der Waals surface area contributed by atoms with Crippen molar-refractivity contribution in [3.63, 3.8) is 0 Å². The molecule has 0 radical (unpaired) electrons. The lowest BCUT2D eigenvalue weighted by atomic mass is 10.0. The number of rotatable bonds is 4. The molecule has 2 heterocycles. The second-order valence-corrected chi connectivity index (χ2v) is 10.3. The van der Waals surface area contributed by atoms with Crippen LogP contribution in [0.15, 0.2) is 54.9 Å². The van der Waals surface area contributed by atoms with E-state index in [9.17, 15) is 8.42 Å². The average Bonchev–Trinajstić information content (AvgIpc) is 3.15. The molecule has 0 bridgehead atoms. The highest BCUT2D eigenvalue weighted by atomic mass is 35.5. The van der Waals surface area contributed by atoms with Crippen LogP contribution in [0.1, 0.15) is 18.5 Å². The number of nitrogens with one attached hydrogen (secondary N) is 1. The van der Waals surface area contributed by atoms with Crippen molar-refractivity contribution in [2.75, 3.05) is 24.5 Å². The van der Waals surface area contributed by atoms with Gasteiger partial charge in [-0.1, -0.05) is 46.9 Å². The van der Waals surface area contributed by atoms with E-state index in [0.29, 0.717) is 28.2 Å². The molecule has 6 nitrogen and oxygen atoms in total. The molecule has 1 saturated heterocycles. The van der Waals surface area contributed by atoms with Crippen LogP contribution in [-0.4, -0.2) is 42.8 Å². The quantitative estimate of drug-likeness (QED) is 0.691. The predicted octanol–water partition coefficient (Wildman–Crippen LogP) is 4.48. The standard InChI is InChI=1S/C20H21Cl3N4O2S/c1-14-24-8-9-27(14)30(28,29)25-10-11-26(19-7-6-17(22)12-18(19)23)20(13-25)15-2-4-16(21)5-3-15/h2-9,12,14,20,24H,10-11,13H2,1H3. The lowest BCUT2D eigenvalue weighted by Gasteiger charge is -2.43. The van der Waals surface area contributed by atoms with Gasteiger partial charge in [0.05, 0.1) is 16.8 Å². The zero-order valence-corrected chi connectivity index (χ0v) is 19.3. The maximum Gasteiger partial charge on any atom is 0.305 e. The van der Waals surface area contributed by atoms with Gasteiger partial charge in [-0.2, -0.15) is 12.7 Å². The molecule has 2 unspecified atom stereocenters. The molecule has 1 N–H and O–H groups in total. The predicted molar refractivity (Wildman–Crippen MR) is 122 cm³/mol. The van der Waals surface area contributed by atoms with Crippen LogP contribution in [-0.2, 0) is 10.2 Å². The molecule has 2 aromatic rings. The SMILES string of the molecule is CC1NC=CN1S(=O)(=O)N1CCN(c2ccc(Cl)cc2Cl)C(c2ccc(Cl)cc2)C1.